The van der Waals surface area contributed by atoms with Gasteiger partial charge < -0.3 is 9.64 Å². The second-order valence-corrected chi connectivity index (χ2v) is 10.7. The molecule has 7 heteroatoms. The molecule has 1 atom stereocenters. The third-order valence-corrected chi connectivity index (χ3v) is 7.82. The van der Waals surface area contributed by atoms with Crippen LogP contribution in [0.2, 0.25) is 5.28 Å². The molecular weight excluding hydrogens is 406 g/mol. The van der Waals surface area contributed by atoms with Crippen molar-refractivity contribution in [1.82, 2.24) is 9.97 Å². The number of hydrogen-bond donors (Lipinski definition) is 0. The third-order valence-electron chi connectivity index (χ3n) is 6.50. The highest BCUT2D eigenvalue weighted by molar-refractivity contribution is 7.19. The van der Waals surface area contributed by atoms with E-state index >= 15 is 0 Å². The van der Waals surface area contributed by atoms with Crippen LogP contribution in [-0.4, -0.2) is 35.6 Å². The van der Waals surface area contributed by atoms with Gasteiger partial charge >= 0.3 is 5.97 Å². The largest absolute Gasteiger partial charge is 0.466 e. The minimum Gasteiger partial charge on any atom is -0.466 e. The van der Waals surface area contributed by atoms with Crippen LogP contribution in [0.5, 0.6) is 0 Å². The minimum atomic E-state index is -0.0702. The molecule has 0 amide bonds. The Morgan fingerprint density at radius 2 is 1.97 bits per heavy atom. The number of hydrogen-bond acceptors (Lipinski definition) is 6. The van der Waals surface area contributed by atoms with E-state index in [1.54, 1.807) is 11.3 Å². The van der Waals surface area contributed by atoms with Crippen LogP contribution < -0.4 is 4.90 Å². The zero-order valence-electron chi connectivity index (χ0n) is 17.8. The first-order valence-corrected chi connectivity index (χ1v) is 11.9. The molecule has 4 rings (SSSR count). The summed E-state index contributed by atoms with van der Waals surface area (Å²) in [6.07, 6.45) is 4.98. The number of aryl methyl sites for hydroxylation is 1. The zero-order valence-corrected chi connectivity index (χ0v) is 19.3. The minimum absolute atomic E-state index is 0.0112. The van der Waals surface area contributed by atoms with Gasteiger partial charge in [0.15, 0.2) is 0 Å². The quantitative estimate of drug-likeness (QED) is 0.485. The van der Waals surface area contributed by atoms with Crippen LogP contribution in [0.4, 0.5) is 5.82 Å². The van der Waals surface area contributed by atoms with E-state index in [4.69, 9.17) is 16.3 Å². The molecule has 29 heavy (non-hydrogen) atoms. The number of carbonyl (C=O) groups excluding carboxylic acids is 1. The smallest absolute Gasteiger partial charge is 0.309 e. The Morgan fingerprint density at radius 3 is 2.62 bits per heavy atom. The van der Waals surface area contributed by atoms with Gasteiger partial charge in [0.25, 0.3) is 0 Å². The van der Waals surface area contributed by atoms with Gasteiger partial charge in [-0.25, -0.2) is 4.98 Å². The van der Waals surface area contributed by atoms with E-state index in [-0.39, 0.29) is 11.9 Å². The van der Waals surface area contributed by atoms with E-state index in [1.165, 1.54) is 22.2 Å². The van der Waals surface area contributed by atoms with Crippen molar-refractivity contribution in [3.05, 3.63) is 15.7 Å². The van der Waals surface area contributed by atoms with Gasteiger partial charge in [0.05, 0.1) is 17.9 Å². The fourth-order valence-corrected chi connectivity index (χ4v) is 6.20. The Bertz CT molecular complexity index is 913. The van der Waals surface area contributed by atoms with E-state index in [1.807, 2.05) is 6.92 Å². The topological polar surface area (TPSA) is 55.3 Å². The molecule has 2 aromatic rings. The Kier molecular flexibility index (Phi) is 5.77. The van der Waals surface area contributed by atoms with Gasteiger partial charge in [-0.15, -0.1) is 11.3 Å². The normalized spacial score (nSPS) is 20.7. The number of aromatic nitrogens is 2. The lowest BCUT2D eigenvalue weighted by atomic mass is 9.72. The van der Waals surface area contributed by atoms with E-state index in [9.17, 15) is 4.79 Å². The Hall–Kier alpha value is -1.40. The van der Waals surface area contributed by atoms with Crippen molar-refractivity contribution in [3.63, 3.8) is 0 Å². The van der Waals surface area contributed by atoms with Gasteiger partial charge in [-0.05, 0) is 67.5 Å². The van der Waals surface area contributed by atoms with Crippen LogP contribution in [0.15, 0.2) is 0 Å². The van der Waals surface area contributed by atoms with Crippen LogP contribution in [0.1, 0.15) is 57.4 Å². The first kappa shape index (κ1) is 20.9. The summed E-state index contributed by atoms with van der Waals surface area (Å²) in [6.45, 7) is 10.9. The van der Waals surface area contributed by atoms with Crippen LogP contribution in [0.25, 0.3) is 10.2 Å². The van der Waals surface area contributed by atoms with Crippen molar-refractivity contribution in [2.75, 3.05) is 24.6 Å². The molecule has 158 valence electrons. The Balaban J connectivity index is 1.63. The molecular formula is C22H30ClN3O2S. The molecule has 1 aliphatic carbocycles. The van der Waals surface area contributed by atoms with Crippen LogP contribution in [0, 0.1) is 17.3 Å². The molecule has 0 bridgehead atoms. The fraction of sp³-hybridized carbons (Fsp3) is 0.682. The second kappa shape index (κ2) is 8.03. The molecule has 1 saturated heterocycles. The molecule has 1 unspecified atom stereocenters. The van der Waals surface area contributed by atoms with Crippen LogP contribution in [-0.2, 0) is 22.4 Å². The SMILES string of the molecule is CCOC(=O)C1CCN(c2nc(Cl)nc3sc4c(c23)CCC(C(C)(C)C)C4)CC1. The predicted molar refractivity (Wildman–Crippen MR) is 119 cm³/mol. The summed E-state index contributed by atoms with van der Waals surface area (Å²) in [5.41, 5.74) is 1.74. The Labute approximate surface area is 181 Å². The summed E-state index contributed by atoms with van der Waals surface area (Å²) in [6, 6.07) is 0. The number of ether oxygens (including phenoxy) is 1. The van der Waals surface area contributed by atoms with E-state index in [2.05, 4.69) is 35.6 Å². The van der Waals surface area contributed by atoms with E-state index in [0.717, 1.165) is 49.4 Å². The molecule has 0 spiro atoms. The molecule has 0 aromatic carbocycles. The maximum atomic E-state index is 12.1. The van der Waals surface area contributed by atoms with Crippen LogP contribution in [0.3, 0.4) is 0 Å². The average molecular weight is 436 g/mol. The maximum absolute atomic E-state index is 12.1. The van der Waals surface area contributed by atoms with Crippen molar-refractivity contribution in [1.29, 1.82) is 0 Å². The number of halogens is 1. The summed E-state index contributed by atoms with van der Waals surface area (Å²) in [5, 5.41) is 1.50. The molecule has 1 aliphatic heterocycles. The van der Waals surface area contributed by atoms with Gasteiger partial charge in [-0.1, -0.05) is 20.8 Å². The molecule has 3 heterocycles. The van der Waals surface area contributed by atoms with E-state index < -0.39 is 0 Å². The van der Waals surface area contributed by atoms with Crippen LogP contribution >= 0.6 is 22.9 Å². The number of esters is 1. The van der Waals surface area contributed by atoms with Gasteiger partial charge in [0, 0.05) is 18.0 Å². The number of carbonyl (C=O) groups is 1. The van der Waals surface area contributed by atoms with Crippen molar-refractivity contribution in [2.24, 2.45) is 17.3 Å². The van der Waals surface area contributed by atoms with Crippen molar-refractivity contribution >= 4 is 44.9 Å². The molecule has 5 nitrogen and oxygen atoms in total. The number of anilines is 1. The highest BCUT2D eigenvalue weighted by Crippen LogP contribution is 2.45. The molecule has 2 aliphatic rings. The molecule has 0 N–H and O–H groups in total. The lowest BCUT2D eigenvalue weighted by molar-refractivity contribution is -0.148. The predicted octanol–water partition coefficient (Wildman–Crippen LogP) is 5.28. The molecule has 1 fully saturated rings. The first-order chi connectivity index (χ1) is 13.8. The van der Waals surface area contributed by atoms with Crippen molar-refractivity contribution < 1.29 is 9.53 Å². The average Bonchev–Trinajstić information content (AvgIpc) is 3.04. The molecule has 0 saturated carbocycles. The number of piperidine rings is 1. The van der Waals surface area contributed by atoms with E-state index in [0.29, 0.717) is 23.2 Å². The highest BCUT2D eigenvalue weighted by Gasteiger charge is 2.33. The van der Waals surface area contributed by atoms with Gasteiger partial charge in [0.2, 0.25) is 5.28 Å². The third kappa shape index (κ3) is 4.11. The number of thiophene rings is 1. The number of nitrogens with zero attached hydrogens (tertiary/aromatic N) is 3. The van der Waals surface area contributed by atoms with Gasteiger partial charge in [-0.2, -0.15) is 4.98 Å². The summed E-state index contributed by atoms with van der Waals surface area (Å²) in [7, 11) is 0. The Morgan fingerprint density at radius 1 is 1.24 bits per heavy atom. The summed E-state index contributed by atoms with van der Waals surface area (Å²) >= 11 is 8.10. The fourth-order valence-electron chi connectivity index (χ4n) is 4.69. The monoisotopic (exact) mass is 435 g/mol. The zero-order chi connectivity index (χ0) is 20.8. The van der Waals surface area contributed by atoms with Gasteiger partial charge in [0.1, 0.15) is 10.6 Å². The lowest BCUT2D eigenvalue weighted by Gasteiger charge is -2.34. The summed E-state index contributed by atoms with van der Waals surface area (Å²) in [4.78, 5) is 26.0. The second-order valence-electron chi connectivity index (χ2n) is 9.32. The first-order valence-electron chi connectivity index (χ1n) is 10.7. The molecule has 2 aromatic heterocycles. The highest BCUT2D eigenvalue weighted by atomic mass is 35.5. The number of rotatable bonds is 3. The standard InChI is InChI=1S/C22H30ClN3O2S/c1-5-28-20(27)13-8-10-26(11-9-13)18-17-15-7-6-14(22(2,3)4)12-16(15)29-19(17)25-21(23)24-18/h13-14H,5-12H2,1-4H3. The lowest BCUT2D eigenvalue weighted by Crippen LogP contribution is -2.37. The maximum Gasteiger partial charge on any atom is 0.309 e. The number of fused-ring (bicyclic) bond motifs is 3. The van der Waals surface area contributed by atoms with Crippen molar-refractivity contribution in [3.8, 4) is 0 Å². The van der Waals surface area contributed by atoms with Crippen molar-refractivity contribution in [2.45, 2.75) is 59.8 Å². The molecule has 0 radical (unpaired) electrons. The summed E-state index contributed by atoms with van der Waals surface area (Å²) < 4.78 is 5.21. The van der Waals surface area contributed by atoms with Gasteiger partial charge in [-0.3, -0.25) is 4.79 Å². The summed E-state index contributed by atoms with van der Waals surface area (Å²) in [5.74, 6) is 1.56.